The van der Waals surface area contributed by atoms with Gasteiger partial charge in [0.25, 0.3) is 0 Å². The van der Waals surface area contributed by atoms with Crippen LogP contribution in [0.5, 0.6) is 0 Å². The molecule has 322 valence electrons. The van der Waals surface area contributed by atoms with Crippen molar-refractivity contribution in [2.45, 2.75) is 0 Å². The van der Waals surface area contributed by atoms with Crippen LogP contribution in [0.2, 0.25) is 0 Å². The molecule has 0 amide bonds. The lowest BCUT2D eigenvalue weighted by molar-refractivity contribution is 1.28. The third kappa shape index (κ3) is 7.20. The predicted molar refractivity (Wildman–Crippen MR) is 296 cm³/mol. The molecule has 1 nitrogen and oxygen atoms in total. The molecule has 0 heterocycles. The van der Waals surface area contributed by atoms with Crippen LogP contribution >= 0.6 is 0 Å². The molecular formula is C68H45N. The minimum absolute atomic E-state index is 1.09. The van der Waals surface area contributed by atoms with E-state index < -0.39 is 0 Å². The van der Waals surface area contributed by atoms with Gasteiger partial charge in [0.1, 0.15) is 0 Å². The largest absolute Gasteiger partial charge is 0.311 e. The van der Waals surface area contributed by atoms with Crippen LogP contribution in [0.3, 0.4) is 0 Å². The number of nitrogens with zero attached hydrogens (tertiary/aromatic N) is 1. The summed E-state index contributed by atoms with van der Waals surface area (Å²) in [6.07, 6.45) is 0. The minimum atomic E-state index is 1.09. The summed E-state index contributed by atoms with van der Waals surface area (Å²) in [7, 11) is 0. The predicted octanol–water partition coefficient (Wildman–Crippen LogP) is 19.3. The fourth-order valence-corrected chi connectivity index (χ4v) is 10.7. The molecule has 13 rings (SSSR count). The Hall–Kier alpha value is -9.04. The first-order chi connectivity index (χ1) is 34.2. The molecule has 0 N–H and O–H groups in total. The second-order valence-electron chi connectivity index (χ2n) is 18.0. The van der Waals surface area contributed by atoms with Crippen molar-refractivity contribution in [2.75, 3.05) is 4.90 Å². The molecule has 13 aromatic rings. The summed E-state index contributed by atoms with van der Waals surface area (Å²) in [4.78, 5) is 2.38. The number of hydrogen-bond acceptors (Lipinski definition) is 1. The van der Waals surface area contributed by atoms with E-state index in [2.05, 4.69) is 278 Å². The van der Waals surface area contributed by atoms with Gasteiger partial charge in [-0.1, -0.05) is 218 Å². The highest BCUT2D eigenvalue weighted by Crippen LogP contribution is 2.46. The van der Waals surface area contributed by atoms with Crippen LogP contribution in [-0.2, 0) is 0 Å². The minimum Gasteiger partial charge on any atom is -0.311 e. The molecule has 0 saturated carbocycles. The standard InChI is InChI=1S/C68H45N/c1-3-16-50(17-4-1)67-64-26-14-13-24-61(64)63-42-35-54(44-66(63)68(67)51-18-5-2-6-19-51)48-31-38-57(39-32-48)69(56-36-29-47(30-37-56)53-28-27-46-15-7-8-20-52(46)43-53)58-40-33-49(34-41-58)65-45-55-21-9-10-22-59(55)60-23-11-12-25-62(60)65/h1-45H. The number of hydrogen-bond donors (Lipinski definition) is 0. The number of benzene rings is 13. The van der Waals surface area contributed by atoms with Crippen LogP contribution in [0.15, 0.2) is 273 Å². The summed E-state index contributed by atoms with van der Waals surface area (Å²) in [6.45, 7) is 0. The molecule has 0 aliphatic carbocycles. The monoisotopic (exact) mass is 875 g/mol. The van der Waals surface area contributed by atoms with Gasteiger partial charge in [0, 0.05) is 17.1 Å². The summed E-state index contributed by atoms with van der Waals surface area (Å²) in [5.41, 5.74) is 15.4. The Labute approximate surface area is 402 Å². The molecule has 0 atom stereocenters. The Morgan fingerprint density at radius 2 is 0.594 bits per heavy atom. The zero-order valence-corrected chi connectivity index (χ0v) is 37.9. The van der Waals surface area contributed by atoms with E-state index >= 15 is 0 Å². The van der Waals surface area contributed by atoms with Crippen LogP contribution < -0.4 is 4.90 Å². The van der Waals surface area contributed by atoms with E-state index in [4.69, 9.17) is 0 Å². The van der Waals surface area contributed by atoms with Crippen LogP contribution in [-0.4, -0.2) is 0 Å². The zero-order valence-electron chi connectivity index (χ0n) is 37.9. The van der Waals surface area contributed by atoms with Gasteiger partial charge in [-0.2, -0.15) is 0 Å². The maximum absolute atomic E-state index is 2.41. The van der Waals surface area contributed by atoms with E-state index in [1.165, 1.54) is 109 Å². The van der Waals surface area contributed by atoms with Crippen molar-refractivity contribution < 1.29 is 0 Å². The molecular weight excluding hydrogens is 831 g/mol. The fourth-order valence-electron chi connectivity index (χ4n) is 10.7. The molecule has 0 bridgehead atoms. The van der Waals surface area contributed by atoms with E-state index in [-0.39, 0.29) is 0 Å². The Bertz CT molecular complexity index is 4020. The molecule has 0 aromatic heterocycles. The molecule has 0 spiro atoms. The van der Waals surface area contributed by atoms with Gasteiger partial charge in [0.05, 0.1) is 0 Å². The van der Waals surface area contributed by atoms with E-state index in [1.54, 1.807) is 0 Å². The fraction of sp³-hybridized carbons (Fsp3) is 0. The van der Waals surface area contributed by atoms with Crippen molar-refractivity contribution in [3.63, 3.8) is 0 Å². The van der Waals surface area contributed by atoms with Crippen molar-refractivity contribution >= 4 is 70.9 Å². The van der Waals surface area contributed by atoms with Crippen molar-refractivity contribution in [1.82, 2.24) is 0 Å². The first-order valence-electron chi connectivity index (χ1n) is 23.8. The van der Waals surface area contributed by atoms with Crippen LogP contribution in [0.4, 0.5) is 17.1 Å². The van der Waals surface area contributed by atoms with Crippen molar-refractivity contribution in [1.29, 1.82) is 0 Å². The second kappa shape index (κ2) is 17.0. The van der Waals surface area contributed by atoms with Gasteiger partial charge in [-0.25, -0.2) is 0 Å². The normalized spacial score (nSPS) is 11.5. The average Bonchev–Trinajstić information content (AvgIpc) is 3.43. The summed E-state index contributed by atoms with van der Waals surface area (Å²) >= 11 is 0. The molecule has 1 heteroatoms. The quantitative estimate of drug-likeness (QED) is 0.138. The highest BCUT2D eigenvalue weighted by molar-refractivity contribution is 6.22. The zero-order chi connectivity index (χ0) is 45.7. The van der Waals surface area contributed by atoms with Gasteiger partial charge in [-0.05, 0) is 164 Å². The average molecular weight is 876 g/mol. The molecule has 69 heavy (non-hydrogen) atoms. The van der Waals surface area contributed by atoms with E-state index in [1.807, 2.05) is 0 Å². The van der Waals surface area contributed by atoms with Crippen LogP contribution in [0.25, 0.3) is 109 Å². The first kappa shape index (κ1) is 40.3. The van der Waals surface area contributed by atoms with E-state index in [0.29, 0.717) is 0 Å². The topological polar surface area (TPSA) is 3.24 Å². The van der Waals surface area contributed by atoms with Gasteiger partial charge in [0.15, 0.2) is 0 Å². The SMILES string of the molecule is c1ccc(-c2c(-c3ccccc3)c3cc(-c4ccc(N(c5ccc(-c6ccc7ccccc7c6)cc5)c5ccc(-c6cc7ccccc7c7ccccc67)cc5)cc4)ccc3c3ccccc23)cc1. The highest BCUT2D eigenvalue weighted by Gasteiger charge is 2.19. The summed E-state index contributed by atoms with van der Waals surface area (Å²) < 4.78 is 0. The van der Waals surface area contributed by atoms with Gasteiger partial charge >= 0.3 is 0 Å². The summed E-state index contributed by atoms with van der Waals surface area (Å²) in [5, 5.41) is 12.6. The van der Waals surface area contributed by atoms with Gasteiger partial charge in [-0.15, -0.1) is 0 Å². The summed E-state index contributed by atoms with van der Waals surface area (Å²) in [5.74, 6) is 0. The maximum atomic E-state index is 2.41. The maximum Gasteiger partial charge on any atom is 0.0462 e. The molecule has 0 fully saturated rings. The van der Waals surface area contributed by atoms with E-state index in [9.17, 15) is 0 Å². The van der Waals surface area contributed by atoms with E-state index in [0.717, 1.165) is 17.1 Å². The molecule has 0 radical (unpaired) electrons. The number of fused-ring (bicyclic) bond motifs is 7. The lowest BCUT2D eigenvalue weighted by Gasteiger charge is -2.26. The van der Waals surface area contributed by atoms with Crippen LogP contribution in [0.1, 0.15) is 0 Å². The highest BCUT2D eigenvalue weighted by atomic mass is 15.1. The van der Waals surface area contributed by atoms with Crippen molar-refractivity contribution in [2.24, 2.45) is 0 Å². The van der Waals surface area contributed by atoms with Gasteiger partial charge in [0.2, 0.25) is 0 Å². The van der Waals surface area contributed by atoms with Crippen molar-refractivity contribution in [3.8, 4) is 55.6 Å². The van der Waals surface area contributed by atoms with Gasteiger partial charge in [-0.3, -0.25) is 0 Å². The summed E-state index contributed by atoms with van der Waals surface area (Å²) in [6, 6.07) is 100. The molecule has 0 saturated heterocycles. The molecule has 0 aliphatic rings. The Kier molecular flexibility index (Phi) is 9.91. The Morgan fingerprint density at radius 1 is 0.188 bits per heavy atom. The smallest absolute Gasteiger partial charge is 0.0462 e. The third-order valence-corrected chi connectivity index (χ3v) is 14.0. The molecule has 13 aromatic carbocycles. The second-order valence-corrected chi connectivity index (χ2v) is 18.0. The first-order valence-corrected chi connectivity index (χ1v) is 23.8. The Morgan fingerprint density at radius 3 is 1.20 bits per heavy atom. The number of rotatable bonds is 8. The lowest BCUT2D eigenvalue weighted by Crippen LogP contribution is -2.09. The third-order valence-electron chi connectivity index (χ3n) is 14.0. The Balaban J connectivity index is 0.926. The lowest BCUT2D eigenvalue weighted by atomic mass is 9.84. The van der Waals surface area contributed by atoms with Gasteiger partial charge < -0.3 is 4.90 Å². The number of anilines is 3. The van der Waals surface area contributed by atoms with Crippen molar-refractivity contribution in [3.05, 3.63) is 273 Å². The molecule has 0 unspecified atom stereocenters. The molecule has 0 aliphatic heterocycles. The van der Waals surface area contributed by atoms with Crippen LogP contribution in [0, 0.1) is 0 Å².